The summed E-state index contributed by atoms with van der Waals surface area (Å²) < 4.78 is 5.70. The van der Waals surface area contributed by atoms with Crippen molar-refractivity contribution in [1.82, 2.24) is 10.3 Å². The van der Waals surface area contributed by atoms with Crippen molar-refractivity contribution in [2.24, 2.45) is 0 Å². The number of nitrogens with one attached hydrogen (secondary N) is 1. The van der Waals surface area contributed by atoms with Crippen molar-refractivity contribution in [2.45, 2.75) is 76.3 Å². The summed E-state index contributed by atoms with van der Waals surface area (Å²) in [5.41, 5.74) is 1.16. The topological polar surface area (TPSA) is 38.1 Å². The van der Waals surface area contributed by atoms with Gasteiger partial charge in [-0.15, -0.1) is 0 Å². The van der Waals surface area contributed by atoms with E-state index in [9.17, 15) is 0 Å². The molecule has 1 heterocycles. The summed E-state index contributed by atoms with van der Waals surface area (Å²) in [6.07, 6.45) is 13.8. The minimum Gasteiger partial charge on any atom is -0.448 e. The lowest BCUT2D eigenvalue weighted by atomic mass is 9.88. The van der Waals surface area contributed by atoms with Gasteiger partial charge in [-0.05, 0) is 25.7 Å². The van der Waals surface area contributed by atoms with Gasteiger partial charge in [0.2, 0.25) is 0 Å². The number of nitrogens with zero attached hydrogens (tertiary/aromatic N) is 1. The molecule has 3 rings (SSSR count). The van der Waals surface area contributed by atoms with E-state index >= 15 is 0 Å². The van der Waals surface area contributed by atoms with Crippen LogP contribution < -0.4 is 5.32 Å². The highest BCUT2D eigenvalue weighted by Crippen LogP contribution is 2.32. The van der Waals surface area contributed by atoms with Crippen molar-refractivity contribution < 1.29 is 4.42 Å². The second-order valence-corrected chi connectivity index (χ2v) is 5.86. The SMILES string of the molecule is c1nc(CNC2CC2)c(C2CCCCCCC2)o1. The molecule has 1 aromatic rings. The van der Waals surface area contributed by atoms with Gasteiger partial charge in [-0.2, -0.15) is 0 Å². The Morgan fingerprint density at radius 3 is 2.50 bits per heavy atom. The first-order valence-electron chi connectivity index (χ1n) is 7.59. The molecular formula is C15H24N2O. The number of rotatable bonds is 4. The van der Waals surface area contributed by atoms with Crippen LogP contribution in [0.1, 0.15) is 75.2 Å². The Morgan fingerprint density at radius 2 is 1.78 bits per heavy atom. The Labute approximate surface area is 109 Å². The summed E-state index contributed by atoms with van der Waals surface area (Å²) in [6, 6.07) is 0.742. The first-order valence-corrected chi connectivity index (χ1v) is 7.59. The van der Waals surface area contributed by atoms with Crippen LogP contribution in [0.4, 0.5) is 0 Å². The lowest BCUT2D eigenvalue weighted by Gasteiger charge is -2.18. The van der Waals surface area contributed by atoms with Crippen molar-refractivity contribution in [3.63, 3.8) is 0 Å². The van der Waals surface area contributed by atoms with Gasteiger partial charge < -0.3 is 9.73 Å². The van der Waals surface area contributed by atoms with Crippen LogP contribution in [0.5, 0.6) is 0 Å². The predicted octanol–water partition coefficient (Wildman–Crippen LogP) is 3.75. The van der Waals surface area contributed by atoms with Crippen molar-refractivity contribution in [2.75, 3.05) is 0 Å². The highest BCUT2D eigenvalue weighted by atomic mass is 16.3. The Balaban J connectivity index is 1.63. The van der Waals surface area contributed by atoms with E-state index in [1.165, 1.54) is 63.5 Å². The van der Waals surface area contributed by atoms with E-state index in [1.807, 2.05) is 0 Å². The van der Waals surface area contributed by atoms with Crippen LogP contribution in [0, 0.1) is 0 Å². The van der Waals surface area contributed by atoms with Crippen LogP contribution in [-0.4, -0.2) is 11.0 Å². The van der Waals surface area contributed by atoms with Gasteiger partial charge in [0, 0.05) is 18.5 Å². The Morgan fingerprint density at radius 1 is 1.06 bits per heavy atom. The fourth-order valence-corrected chi connectivity index (χ4v) is 2.99. The maximum Gasteiger partial charge on any atom is 0.181 e. The van der Waals surface area contributed by atoms with Gasteiger partial charge in [0.25, 0.3) is 0 Å². The van der Waals surface area contributed by atoms with Gasteiger partial charge in [-0.1, -0.05) is 32.1 Å². The van der Waals surface area contributed by atoms with Crippen LogP contribution in [0.3, 0.4) is 0 Å². The van der Waals surface area contributed by atoms with Gasteiger partial charge in [0.1, 0.15) is 5.76 Å². The summed E-state index contributed by atoms with van der Waals surface area (Å²) >= 11 is 0. The molecule has 0 aromatic carbocycles. The van der Waals surface area contributed by atoms with Gasteiger partial charge >= 0.3 is 0 Å². The molecule has 3 heteroatoms. The third kappa shape index (κ3) is 3.14. The molecule has 100 valence electrons. The van der Waals surface area contributed by atoms with Crippen molar-refractivity contribution in [3.05, 3.63) is 17.8 Å². The quantitative estimate of drug-likeness (QED) is 0.881. The molecular weight excluding hydrogens is 224 g/mol. The van der Waals surface area contributed by atoms with Crippen LogP contribution in [0.2, 0.25) is 0 Å². The average molecular weight is 248 g/mol. The molecule has 2 fully saturated rings. The molecule has 0 atom stereocenters. The predicted molar refractivity (Wildman–Crippen MR) is 71.4 cm³/mol. The molecule has 0 unspecified atom stereocenters. The molecule has 0 radical (unpaired) electrons. The number of hydrogen-bond donors (Lipinski definition) is 1. The summed E-state index contributed by atoms with van der Waals surface area (Å²) in [5.74, 6) is 1.79. The van der Waals surface area contributed by atoms with E-state index in [-0.39, 0.29) is 0 Å². The Kier molecular flexibility index (Phi) is 3.99. The summed E-state index contributed by atoms with van der Waals surface area (Å²) in [5, 5.41) is 3.54. The van der Waals surface area contributed by atoms with Crippen molar-refractivity contribution in [3.8, 4) is 0 Å². The van der Waals surface area contributed by atoms with Crippen LogP contribution >= 0.6 is 0 Å². The average Bonchev–Trinajstić information content (AvgIpc) is 3.05. The second kappa shape index (κ2) is 5.87. The molecule has 3 nitrogen and oxygen atoms in total. The largest absolute Gasteiger partial charge is 0.448 e. The second-order valence-electron chi connectivity index (χ2n) is 5.86. The first-order chi connectivity index (χ1) is 8.93. The van der Waals surface area contributed by atoms with E-state index in [2.05, 4.69) is 10.3 Å². The Bertz CT molecular complexity index is 362. The molecule has 0 aliphatic heterocycles. The Hall–Kier alpha value is -0.830. The number of hydrogen-bond acceptors (Lipinski definition) is 3. The normalized spacial score (nSPS) is 22.7. The molecule has 2 aliphatic rings. The zero-order chi connectivity index (χ0) is 12.2. The van der Waals surface area contributed by atoms with Gasteiger partial charge in [0.15, 0.2) is 6.39 Å². The fraction of sp³-hybridized carbons (Fsp3) is 0.800. The first kappa shape index (κ1) is 12.2. The smallest absolute Gasteiger partial charge is 0.181 e. The van der Waals surface area contributed by atoms with Crippen molar-refractivity contribution >= 4 is 0 Å². The van der Waals surface area contributed by atoms with Gasteiger partial charge in [-0.25, -0.2) is 4.98 Å². The molecule has 1 aromatic heterocycles. The van der Waals surface area contributed by atoms with E-state index in [1.54, 1.807) is 6.39 Å². The van der Waals surface area contributed by atoms with E-state index in [4.69, 9.17) is 4.42 Å². The third-order valence-corrected chi connectivity index (χ3v) is 4.28. The molecule has 0 bridgehead atoms. The van der Waals surface area contributed by atoms with Crippen LogP contribution in [0.25, 0.3) is 0 Å². The van der Waals surface area contributed by atoms with E-state index in [0.717, 1.165) is 18.3 Å². The van der Waals surface area contributed by atoms with E-state index < -0.39 is 0 Å². The molecule has 1 N–H and O–H groups in total. The third-order valence-electron chi connectivity index (χ3n) is 4.28. The summed E-state index contributed by atoms with van der Waals surface area (Å²) in [7, 11) is 0. The van der Waals surface area contributed by atoms with E-state index in [0.29, 0.717) is 5.92 Å². The standard InChI is InChI=1S/C15H24N2O/c1-2-4-6-12(7-5-3-1)15-14(17-11-18-15)10-16-13-8-9-13/h11-13,16H,1-10H2. The van der Waals surface area contributed by atoms with Crippen LogP contribution in [0.15, 0.2) is 10.8 Å². The maximum absolute atomic E-state index is 5.70. The highest BCUT2D eigenvalue weighted by Gasteiger charge is 2.24. The van der Waals surface area contributed by atoms with Crippen LogP contribution in [-0.2, 0) is 6.54 Å². The zero-order valence-corrected chi connectivity index (χ0v) is 11.2. The van der Waals surface area contributed by atoms with Gasteiger partial charge in [0.05, 0.1) is 5.69 Å². The van der Waals surface area contributed by atoms with Gasteiger partial charge in [-0.3, -0.25) is 0 Å². The molecule has 0 saturated heterocycles. The maximum atomic E-state index is 5.70. The molecule has 0 amide bonds. The summed E-state index contributed by atoms with van der Waals surface area (Å²) in [6.45, 7) is 0.896. The lowest BCUT2D eigenvalue weighted by Crippen LogP contribution is -2.17. The molecule has 18 heavy (non-hydrogen) atoms. The monoisotopic (exact) mass is 248 g/mol. The summed E-state index contributed by atoms with van der Waals surface area (Å²) in [4.78, 5) is 4.42. The van der Waals surface area contributed by atoms with Crippen molar-refractivity contribution in [1.29, 1.82) is 0 Å². The molecule has 0 spiro atoms. The number of oxazole rings is 1. The zero-order valence-electron chi connectivity index (χ0n) is 11.2. The minimum absolute atomic E-state index is 0.615. The minimum atomic E-state index is 0.615. The molecule has 2 aliphatic carbocycles. The fourth-order valence-electron chi connectivity index (χ4n) is 2.99. The lowest BCUT2D eigenvalue weighted by molar-refractivity contribution is 0.383. The number of aromatic nitrogens is 1. The molecule has 2 saturated carbocycles. The highest BCUT2D eigenvalue weighted by molar-refractivity contribution is 5.13.